The predicted octanol–water partition coefficient (Wildman–Crippen LogP) is 1.37. The van der Waals surface area contributed by atoms with E-state index in [-0.39, 0.29) is 0 Å². The van der Waals surface area contributed by atoms with E-state index >= 15 is 0 Å². The number of hydrogen-bond donors (Lipinski definition) is 1. The summed E-state index contributed by atoms with van der Waals surface area (Å²) in [6.07, 6.45) is 3.84. The Kier molecular flexibility index (Phi) is 3.85. The SMILES string of the molecule is COC(=O)C(N)Cc1cn(P)c2nccc(Cl)c12. The monoisotopic (exact) mass is 285 g/mol. The maximum atomic E-state index is 11.3. The van der Waals surface area contributed by atoms with E-state index in [0.29, 0.717) is 11.4 Å². The minimum absolute atomic E-state index is 0.357. The van der Waals surface area contributed by atoms with Crippen molar-refractivity contribution in [3.8, 4) is 0 Å². The van der Waals surface area contributed by atoms with Crippen LogP contribution in [0.5, 0.6) is 0 Å². The Bertz CT molecular complexity index is 599. The molecule has 0 aliphatic heterocycles. The highest BCUT2D eigenvalue weighted by molar-refractivity contribution is 7.14. The van der Waals surface area contributed by atoms with Crippen molar-refractivity contribution < 1.29 is 9.53 Å². The largest absolute Gasteiger partial charge is 0.468 e. The van der Waals surface area contributed by atoms with Gasteiger partial charge in [-0.2, -0.15) is 0 Å². The number of fused-ring (bicyclic) bond motifs is 1. The second kappa shape index (κ2) is 5.22. The Morgan fingerprint density at radius 1 is 1.72 bits per heavy atom. The molecule has 18 heavy (non-hydrogen) atoms. The molecule has 2 atom stereocenters. The first-order chi connectivity index (χ1) is 8.54. The number of nitrogens with two attached hydrogens (primary N) is 1. The summed E-state index contributed by atoms with van der Waals surface area (Å²) in [7, 11) is 3.84. The summed E-state index contributed by atoms with van der Waals surface area (Å²) in [5, 5.41) is 1.40. The molecular weight excluding hydrogens is 273 g/mol. The Labute approximate surface area is 112 Å². The molecule has 0 bridgehead atoms. The predicted molar refractivity (Wildman–Crippen MR) is 73.5 cm³/mol. The van der Waals surface area contributed by atoms with Gasteiger partial charge in [0, 0.05) is 24.2 Å². The molecule has 7 heteroatoms. The van der Waals surface area contributed by atoms with Gasteiger partial charge in [-0.3, -0.25) is 4.79 Å². The highest BCUT2D eigenvalue weighted by Gasteiger charge is 2.19. The first kappa shape index (κ1) is 13.3. The van der Waals surface area contributed by atoms with Crippen molar-refractivity contribution in [3.63, 3.8) is 0 Å². The molecule has 0 aliphatic rings. The molecule has 2 aromatic rings. The van der Waals surface area contributed by atoms with Crippen molar-refractivity contribution in [1.82, 2.24) is 9.32 Å². The van der Waals surface area contributed by atoms with Gasteiger partial charge in [0.05, 0.1) is 12.1 Å². The van der Waals surface area contributed by atoms with Gasteiger partial charge in [-0.15, -0.1) is 0 Å². The van der Waals surface area contributed by atoms with Gasteiger partial charge in [-0.05, 0) is 21.0 Å². The van der Waals surface area contributed by atoms with Gasteiger partial charge in [0.2, 0.25) is 0 Å². The third kappa shape index (κ3) is 2.34. The lowest BCUT2D eigenvalue weighted by Gasteiger charge is -2.08. The number of nitrogens with zero attached hydrogens (tertiary/aromatic N) is 2. The van der Waals surface area contributed by atoms with E-state index in [9.17, 15) is 4.79 Å². The molecule has 96 valence electrons. The van der Waals surface area contributed by atoms with E-state index < -0.39 is 12.0 Å². The fourth-order valence-electron chi connectivity index (χ4n) is 1.84. The van der Waals surface area contributed by atoms with Gasteiger partial charge in [0.25, 0.3) is 0 Å². The number of halogens is 1. The first-order valence-corrected chi connectivity index (χ1v) is 6.17. The molecule has 0 amide bonds. The molecule has 0 radical (unpaired) electrons. The maximum absolute atomic E-state index is 11.3. The molecule has 2 N–H and O–H groups in total. The smallest absolute Gasteiger partial charge is 0.322 e. The van der Waals surface area contributed by atoms with Crippen molar-refractivity contribution in [2.75, 3.05) is 7.11 Å². The molecule has 2 rings (SSSR count). The van der Waals surface area contributed by atoms with E-state index in [1.54, 1.807) is 16.6 Å². The number of hydrogen-bond acceptors (Lipinski definition) is 4. The number of rotatable bonds is 3. The topological polar surface area (TPSA) is 70.1 Å². The van der Waals surface area contributed by atoms with Crippen LogP contribution in [0.3, 0.4) is 0 Å². The lowest BCUT2D eigenvalue weighted by atomic mass is 10.1. The van der Waals surface area contributed by atoms with Crippen LogP contribution in [0.2, 0.25) is 5.02 Å². The van der Waals surface area contributed by atoms with Crippen LogP contribution in [0.4, 0.5) is 0 Å². The normalized spacial score (nSPS) is 12.7. The van der Waals surface area contributed by atoms with Crippen molar-refractivity contribution in [1.29, 1.82) is 0 Å². The van der Waals surface area contributed by atoms with Crippen LogP contribution in [-0.4, -0.2) is 28.4 Å². The molecule has 0 spiro atoms. The lowest BCUT2D eigenvalue weighted by Crippen LogP contribution is -2.33. The Morgan fingerprint density at radius 2 is 2.44 bits per heavy atom. The summed E-state index contributed by atoms with van der Waals surface area (Å²) in [6.45, 7) is 0. The zero-order valence-electron chi connectivity index (χ0n) is 9.76. The molecule has 2 unspecified atom stereocenters. The fourth-order valence-corrected chi connectivity index (χ4v) is 2.48. The van der Waals surface area contributed by atoms with Crippen LogP contribution in [0.25, 0.3) is 11.0 Å². The van der Waals surface area contributed by atoms with Crippen LogP contribution in [0.15, 0.2) is 18.5 Å². The quantitative estimate of drug-likeness (QED) is 0.683. The van der Waals surface area contributed by atoms with E-state index in [0.717, 1.165) is 16.6 Å². The number of ether oxygens (including phenoxy) is 1. The van der Waals surface area contributed by atoms with Crippen molar-refractivity contribution >= 4 is 38.0 Å². The van der Waals surface area contributed by atoms with Crippen LogP contribution in [0, 0.1) is 0 Å². The third-order valence-electron chi connectivity index (χ3n) is 2.68. The van der Waals surface area contributed by atoms with Gasteiger partial charge in [-0.25, -0.2) is 4.98 Å². The van der Waals surface area contributed by atoms with Gasteiger partial charge in [-0.1, -0.05) is 11.6 Å². The number of pyridine rings is 1. The van der Waals surface area contributed by atoms with Gasteiger partial charge in [0.15, 0.2) is 0 Å². The number of carbonyl (C=O) groups excluding carboxylic acids is 1. The number of carbonyl (C=O) groups is 1. The molecule has 2 aromatic heterocycles. The molecular formula is C11H13ClN3O2P. The highest BCUT2D eigenvalue weighted by Crippen LogP contribution is 2.29. The minimum Gasteiger partial charge on any atom is -0.468 e. The van der Waals surface area contributed by atoms with E-state index in [4.69, 9.17) is 17.3 Å². The van der Waals surface area contributed by atoms with Crippen LogP contribution < -0.4 is 5.73 Å². The average molecular weight is 286 g/mol. The summed E-state index contributed by atoms with van der Waals surface area (Å²) in [4.78, 5) is 15.6. The van der Waals surface area contributed by atoms with Gasteiger partial charge >= 0.3 is 5.97 Å². The number of esters is 1. The van der Waals surface area contributed by atoms with Crippen molar-refractivity contribution in [2.45, 2.75) is 12.5 Å². The second-order valence-electron chi connectivity index (χ2n) is 3.89. The van der Waals surface area contributed by atoms with E-state index in [1.165, 1.54) is 7.11 Å². The number of methoxy groups -OCH3 is 1. The minimum atomic E-state index is -0.707. The molecule has 0 saturated heterocycles. The molecule has 0 saturated carbocycles. The van der Waals surface area contributed by atoms with Gasteiger partial charge < -0.3 is 14.8 Å². The maximum Gasteiger partial charge on any atom is 0.322 e. The van der Waals surface area contributed by atoms with Crippen molar-refractivity contribution in [3.05, 3.63) is 29.0 Å². The van der Waals surface area contributed by atoms with Gasteiger partial charge in [0.1, 0.15) is 11.7 Å². The average Bonchev–Trinajstić information content (AvgIpc) is 2.66. The highest BCUT2D eigenvalue weighted by atomic mass is 35.5. The first-order valence-electron chi connectivity index (χ1n) is 5.27. The fraction of sp³-hybridized carbons (Fsp3) is 0.273. The van der Waals surface area contributed by atoms with E-state index in [2.05, 4.69) is 19.1 Å². The summed E-state index contributed by atoms with van der Waals surface area (Å²) in [6, 6.07) is 1.00. The summed E-state index contributed by atoms with van der Waals surface area (Å²) >= 11 is 6.15. The van der Waals surface area contributed by atoms with E-state index in [1.807, 2.05) is 6.20 Å². The Hall–Kier alpha value is -1.16. The summed E-state index contributed by atoms with van der Waals surface area (Å²) in [5.41, 5.74) is 7.36. The Balaban J connectivity index is 2.43. The zero-order chi connectivity index (χ0) is 13.3. The molecule has 0 aromatic carbocycles. The number of aromatic nitrogens is 2. The van der Waals surface area contributed by atoms with Crippen LogP contribution in [-0.2, 0) is 16.0 Å². The Morgan fingerprint density at radius 3 is 3.11 bits per heavy atom. The summed E-state index contributed by atoms with van der Waals surface area (Å²) in [5.74, 6) is -0.445. The standard InChI is InChI=1S/C11H13ClN3O2P/c1-17-11(16)8(13)4-6-5-15(18)10-9(6)7(12)2-3-14-10/h2-3,5,8H,4,13,18H2,1H3. The molecule has 0 aliphatic carbocycles. The molecule has 0 fully saturated rings. The third-order valence-corrected chi connectivity index (χ3v) is 3.39. The van der Waals surface area contributed by atoms with Crippen LogP contribution >= 0.6 is 21.0 Å². The lowest BCUT2D eigenvalue weighted by molar-refractivity contribution is -0.142. The molecule has 2 heterocycles. The summed E-state index contributed by atoms with van der Waals surface area (Å²) < 4.78 is 6.39. The zero-order valence-corrected chi connectivity index (χ0v) is 11.7. The molecule has 5 nitrogen and oxygen atoms in total. The van der Waals surface area contributed by atoms with Crippen LogP contribution in [0.1, 0.15) is 5.56 Å². The second-order valence-corrected chi connectivity index (χ2v) is 4.85. The van der Waals surface area contributed by atoms with Crippen molar-refractivity contribution in [2.24, 2.45) is 5.73 Å².